The molecule has 1 aromatic carbocycles. The van der Waals surface area contributed by atoms with Crippen molar-refractivity contribution in [1.29, 1.82) is 0 Å². The molecule has 0 bridgehead atoms. The van der Waals surface area contributed by atoms with E-state index >= 15 is 0 Å². The van der Waals surface area contributed by atoms with Crippen LogP contribution in [0.5, 0.6) is 0 Å². The molecule has 2 aromatic rings. The van der Waals surface area contributed by atoms with Gasteiger partial charge >= 0.3 is 0 Å². The third kappa shape index (κ3) is 4.54. The summed E-state index contributed by atoms with van der Waals surface area (Å²) in [7, 11) is 2.11. The maximum Gasteiger partial charge on any atom is 0.118 e. The molecule has 0 aliphatic heterocycles. The molecule has 3 nitrogen and oxygen atoms in total. The van der Waals surface area contributed by atoms with Crippen molar-refractivity contribution < 1.29 is 4.42 Å². The van der Waals surface area contributed by atoms with Gasteiger partial charge in [0.15, 0.2) is 0 Å². The van der Waals surface area contributed by atoms with Crippen LogP contribution in [0.4, 0.5) is 0 Å². The summed E-state index contributed by atoms with van der Waals surface area (Å²) in [6.07, 6.45) is 0. The molecule has 102 valence electrons. The molecule has 1 N–H and O–H groups in total. The van der Waals surface area contributed by atoms with Crippen molar-refractivity contribution in [1.82, 2.24) is 10.2 Å². The van der Waals surface area contributed by atoms with E-state index in [9.17, 15) is 0 Å². The predicted octanol–water partition coefficient (Wildman–Crippen LogP) is 3.02. The summed E-state index contributed by atoms with van der Waals surface area (Å²) in [5.41, 5.74) is 1.32. The first-order valence-corrected chi connectivity index (χ1v) is 6.78. The maximum atomic E-state index is 5.79. The van der Waals surface area contributed by atoms with Crippen LogP contribution in [0.25, 0.3) is 0 Å². The van der Waals surface area contributed by atoms with Crippen LogP contribution in [0.15, 0.2) is 46.9 Å². The van der Waals surface area contributed by atoms with Gasteiger partial charge in [-0.25, -0.2) is 0 Å². The predicted molar refractivity (Wildman–Crippen MR) is 77.7 cm³/mol. The summed E-state index contributed by atoms with van der Waals surface area (Å²) < 4.78 is 5.79. The van der Waals surface area contributed by atoms with Crippen molar-refractivity contribution >= 4 is 0 Å². The lowest BCUT2D eigenvalue weighted by Gasteiger charge is -2.15. The first-order chi connectivity index (χ1) is 9.28. The average Bonchev–Trinajstić information content (AvgIpc) is 2.85. The van der Waals surface area contributed by atoms with E-state index in [4.69, 9.17) is 4.42 Å². The summed E-state index contributed by atoms with van der Waals surface area (Å²) in [4.78, 5) is 2.26. The largest absolute Gasteiger partial charge is 0.463 e. The normalized spacial score (nSPS) is 11.1. The van der Waals surface area contributed by atoms with Crippen LogP contribution in [-0.4, -0.2) is 18.5 Å². The van der Waals surface area contributed by atoms with Crippen LogP contribution >= 0.6 is 0 Å². The van der Waals surface area contributed by atoms with E-state index in [-0.39, 0.29) is 0 Å². The van der Waals surface area contributed by atoms with E-state index in [0.717, 1.165) is 37.7 Å². The van der Waals surface area contributed by atoms with Gasteiger partial charge in [0.05, 0.1) is 13.1 Å². The Labute approximate surface area is 115 Å². The lowest BCUT2D eigenvalue weighted by atomic mass is 10.2. The van der Waals surface area contributed by atoms with E-state index in [2.05, 4.69) is 54.5 Å². The Hall–Kier alpha value is -1.58. The Balaban J connectivity index is 1.85. The summed E-state index contributed by atoms with van der Waals surface area (Å²) in [5, 5.41) is 3.26. The fourth-order valence-corrected chi connectivity index (χ4v) is 2.07. The standard InChI is InChI=1S/C16H22N2O/c1-3-17-11-15-9-10-16(19-15)13-18(2)12-14-7-5-4-6-8-14/h4-10,17H,3,11-13H2,1-2H3. The van der Waals surface area contributed by atoms with Crippen molar-refractivity contribution in [3.8, 4) is 0 Å². The van der Waals surface area contributed by atoms with Crippen LogP contribution in [0, 0.1) is 0 Å². The molecular weight excluding hydrogens is 236 g/mol. The second-order valence-electron chi connectivity index (χ2n) is 4.81. The van der Waals surface area contributed by atoms with Gasteiger partial charge in [-0.3, -0.25) is 4.90 Å². The second-order valence-corrected chi connectivity index (χ2v) is 4.81. The Morgan fingerprint density at radius 3 is 2.47 bits per heavy atom. The van der Waals surface area contributed by atoms with Gasteiger partial charge < -0.3 is 9.73 Å². The Morgan fingerprint density at radius 1 is 1.00 bits per heavy atom. The SMILES string of the molecule is CCNCc1ccc(CN(C)Cc2ccccc2)o1. The molecule has 0 amide bonds. The van der Waals surface area contributed by atoms with E-state index < -0.39 is 0 Å². The molecule has 0 radical (unpaired) electrons. The van der Waals surface area contributed by atoms with Crippen LogP contribution in [0.3, 0.4) is 0 Å². The summed E-state index contributed by atoms with van der Waals surface area (Å²) in [6.45, 7) is 5.63. The van der Waals surface area contributed by atoms with Crippen molar-refractivity contribution in [2.45, 2.75) is 26.6 Å². The minimum atomic E-state index is 0.804. The highest BCUT2D eigenvalue weighted by molar-refractivity contribution is 5.14. The molecule has 0 saturated heterocycles. The highest BCUT2D eigenvalue weighted by atomic mass is 16.3. The molecule has 0 unspecified atom stereocenters. The number of benzene rings is 1. The third-order valence-corrected chi connectivity index (χ3v) is 2.99. The zero-order chi connectivity index (χ0) is 13.5. The van der Waals surface area contributed by atoms with Crippen molar-refractivity contribution in [3.63, 3.8) is 0 Å². The molecule has 1 heterocycles. The van der Waals surface area contributed by atoms with Gasteiger partial charge in [0.1, 0.15) is 11.5 Å². The van der Waals surface area contributed by atoms with Gasteiger partial charge in [0.2, 0.25) is 0 Å². The minimum Gasteiger partial charge on any atom is -0.463 e. The van der Waals surface area contributed by atoms with E-state index in [0.29, 0.717) is 0 Å². The zero-order valence-corrected chi connectivity index (χ0v) is 11.7. The van der Waals surface area contributed by atoms with Gasteiger partial charge in [-0.05, 0) is 31.3 Å². The zero-order valence-electron chi connectivity index (χ0n) is 11.7. The third-order valence-electron chi connectivity index (χ3n) is 2.99. The smallest absolute Gasteiger partial charge is 0.118 e. The van der Waals surface area contributed by atoms with E-state index in [1.54, 1.807) is 0 Å². The van der Waals surface area contributed by atoms with Gasteiger partial charge in [-0.2, -0.15) is 0 Å². The first kappa shape index (κ1) is 13.8. The molecule has 2 rings (SSSR count). The molecule has 0 aliphatic carbocycles. The van der Waals surface area contributed by atoms with Crippen molar-refractivity contribution in [3.05, 3.63) is 59.5 Å². The Bertz CT molecular complexity index is 479. The van der Waals surface area contributed by atoms with Crippen molar-refractivity contribution in [2.24, 2.45) is 0 Å². The topological polar surface area (TPSA) is 28.4 Å². The highest BCUT2D eigenvalue weighted by Gasteiger charge is 2.06. The van der Waals surface area contributed by atoms with E-state index in [1.807, 2.05) is 12.1 Å². The molecule has 0 fully saturated rings. The molecule has 0 spiro atoms. The number of nitrogens with one attached hydrogen (secondary N) is 1. The molecule has 19 heavy (non-hydrogen) atoms. The summed E-state index contributed by atoms with van der Waals surface area (Å²) >= 11 is 0. The maximum absolute atomic E-state index is 5.79. The second kappa shape index (κ2) is 7.12. The molecule has 3 heteroatoms. The quantitative estimate of drug-likeness (QED) is 0.827. The van der Waals surface area contributed by atoms with Gasteiger partial charge in [-0.15, -0.1) is 0 Å². The van der Waals surface area contributed by atoms with Crippen LogP contribution in [-0.2, 0) is 19.6 Å². The van der Waals surface area contributed by atoms with E-state index in [1.165, 1.54) is 5.56 Å². The molecule has 0 aliphatic rings. The number of nitrogens with zero attached hydrogens (tertiary/aromatic N) is 1. The lowest BCUT2D eigenvalue weighted by Crippen LogP contribution is -2.16. The fourth-order valence-electron chi connectivity index (χ4n) is 2.07. The van der Waals surface area contributed by atoms with Crippen molar-refractivity contribution in [2.75, 3.05) is 13.6 Å². The van der Waals surface area contributed by atoms with Crippen LogP contribution in [0.1, 0.15) is 24.0 Å². The molecular formula is C16H22N2O. The number of furan rings is 1. The number of rotatable bonds is 7. The van der Waals surface area contributed by atoms with Crippen LogP contribution in [0.2, 0.25) is 0 Å². The monoisotopic (exact) mass is 258 g/mol. The van der Waals surface area contributed by atoms with Gasteiger partial charge in [-0.1, -0.05) is 37.3 Å². The Kier molecular flexibility index (Phi) is 5.19. The summed E-state index contributed by atoms with van der Waals surface area (Å²) in [5.74, 6) is 2.02. The lowest BCUT2D eigenvalue weighted by molar-refractivity contribution is 0.282. The first-order valence-electron chi connectivity index (χ1n) is 6.78. The fraction of sp³-hybridized carbons (Fsp3) is 0.375. The Morgan fingerprint density at radius 2 is 1.74 bits per heavy atom. The van der Waals surface area contributed by atoms with Gasteiger partial charge in [0, 0.05) is 6.54 Å². The average molecular weight is 258 g/mol. The van der Waals surface area contributed by atoms with Crippen LogP contribution < -0.4 is 5.32 Å². The van der Waals surface area contributed by atoms with Gasteiger partial charge in [0.25, 0.3) is 0 Å². The number of hydrogen-bond acceptors (Lipinski definition) is 3. The summed E-state index contributed by atoms with van der Waals surface area (Å²) in [6, 6.07) is 14.6. The molecule has 0 atom stereocenters. The molecule has 1 aromatic heterocycles. The number of hydrogen-bond donors (Lipinski definition) is 1. The minimum absolute atomic E-state index is 0.804. The highest BCUT2D eigenvalue weighted by Crippen LogP contribution is 2.11. The molecule has 0 saturated carbocycles.